The lowest BCUT2D eigenvalue weighted by atomic mass is 9.84. The van der Waals surface area contributed by atoms with Gasteiger partial charge in [-0.25, -0.2) is 13.1 Å². The van der Waals surface area contributed by atoms with Crippen molar-refractivity contribution in [2.45, 2.75) is 43.5 Å². The molecule has 0 unspecified atom stereocenters. The number of nitrogens with one attached hydrogen (secondary N) is 1. The normalized spacial score (nSPS) is 31.8. The average Bonchev–Trinajstić information content (AvgIpc) is 3.02. The number of nitrogens with zero attached hydrogens (tertiary/aromatic N) is 2. The minimum atomic E-state index is -3.43. The summed E-state index contributed by atoms with van der Waals surface area (Å²) in [6.45, 7) is 2.00. The summed E-state index contributed by atoms with van der Waals surface area (Å²) in [4.78, 5) is 0.255. The molecular weight excluding hydrogens is 262 g/mol. The fraction of sp³-hybridized carbons (Fsp3) is 0.769. The van der Waals surface area contributed by atoms with E-state index < -0.39 is 10.0 Å². The Balaban J connectivity index is 1.71. The Hall–Kier alpha value is -0.880. The number of hydrogen-bond donors (Lipinski definition) is 1. The lowest BCUT2D eigenvalue weighted by Crippen LogP contribution is -2.39. The van der Waals surface area contributed by atoms with Crippen molar-refractivity contribution in [2.75, 3.05) is 0 Å². The summed E-state index contributed by atoms with van der Waals surface area (Å²) in [6.07, 6.45) is 8.02. The van der Waals surface area contributed by atoms with E-state index in [0.29, 0.717) is 5.92 Å². The lowest BCUT2D eigenvalue weighted by Gasteiger charge is -2.28. The molecule has 0 aliphatic heterocycles. The molecule has 1 N–H and O–H groups in total. The van der Waals surface area contributed by atoms with Crippen molar-refractivity contribution in [1.29, 1.82) is 0 Å². The summed E-state index contributed by atoms with van der Waals surface area (Å²) in [7, 11) is -1.71. The Labute approximate surface area is 114 Å². The van der Waals surface area contributed by atoms with Gasteiger partial charge in [0.1, 0.15) is 4.90 Å². The first-order valence-corrected chi connectivity index (χ1v) is 8.45. The Morgan fingerprint density at radius 2 is 2.21 bits per heavy atom. The quantitative estimate of drug-likeness (QED) is 0.911. The number of hydrogen-bond acceptors (Lipinski definition) is 3. The monoisotopic (exact) mass is 283 g/mol. The topological polar surface area (TPSA) is 64.0 Å². The molecule has 3 rings (SSSR count). The Morgan fingerprint density at radius 3 is 2.74 bits per heavy atom. The smallest absolute Gasteiger partial charge is 0.243 e. The Morgan fingerprint density at radius 1 is 1.42 bits per heavy atom. The third-order valence-electron chi connectivity index (χ3n) is 4.77. The highest BCUT2D eigenvalue weighted by atomic mass is 32.2. The number of aromatic nitrogens is 2. The fourth-order valence-corrected chi connectivity index (χ4v) is 5.12. The van der Waals surface area contributed by atoms with Crippen LogP contribution in [0.3, 0.4) is 0 Å². The highest BCUT2D eigenvalue weighted by molar-refractivity contribution is 7.89. The van der Waals surface area contributed by atoms with Gasteiger partial charge in [-0.15, -0.1) is 0 Å². The van der Waals surface area contributed by atoms with Crippen LogP contribution in [0.25, 0.3) is 0 Å². The molecule has 2 bridgehead atoms. The van der Waals surface area contributed by atoms with Gasteiger partial charge in [-0.1, -0.05) is 6.42 Å². The number of aryl methyl sites for hydroxylation is 1. The van der Waals surface area contributed by atoms with Gasteiger partial charge in [0.05, 0.1) is 6.20 Å². The second-order valence-electron chi connectivity index (χ2n) is 6.10. The van der Waals surface area contributed by atoms with Gasteiger partial charge < -0.3 is 0 Å². The van der Waals surface area contributed by atoms with Crippen molar-refractivity contribution in [2.24, 2.45) is 24.8 Å². The van der Waals surface area contributed by atoms with Crippen molar-refractivity contribution < 1.29 is 8.42 Å². The van der Waals surface area contributed by atoms with Crippen LogP contribution >= 0.6 is 0 Å². The standard InChI is InChI=1S/C13H21N3O2S/c1-9(13-6-10-3-4-11(13)5-10)15-19(17,18)12-7-14-16(2)8-12/h7-11,13,15H,3-6H2,1-2H3/t9-,10-,11-,13-/m0/s1. The summed E-state index contributed by atoms with van der Waals surface area (Å²) in [6, 6.07) is 0.0144. The Bertz CT molecular complexity index is 566. The van der Waals surface area contributed by atoms with E-state index in [1.165, 1.54) is 42.8 Å². The molecule has 1 aromatic heterocycles. The van der Waals surface area contributed by atoms with Gasteiger partial charge in [0.2, 0.25) is 10.0 Å². The maximum atomic E-state index is 12.3. The van der Waals surface area contributed by atoms with Crippen LogP contribution in [-0.4, -0.2) is 24.2 Å². The van der Waals surface area contributed by atoms with E-state index in [-0.39, 0.29) is 10.9 Å². The van der Waals surface area contributed by atoms with Crippen LogP contribution in [0.4, 0.5) is 0 Å². The van der Waals surface area contributed by atoms with Crippen LogP contribution in [0.1, 0.15) is 32.6 Å². The fourth-order valence-electron chi connectivity index (χ4n) is 3.84. The van der Waals surface area contributed by atoms with Gasteiger partial charge in [0.15, 0.2) is 0 Å². The van der Waals surface area contributed by atoms with Crippen molar-refractivity contribution in [3.63, 3.8) is 0 Å². The summed E-state index contributed by atoms with van der Waals surface area (Å²) >= 11 is 0. The predicted molar refractivity (Wildman–Crippen MR) is 71.9 cm³/mol. The molecule has 1 heterocycles. The van der Waals surface area contributed by atoms with Crippen LogP contribution < -0.4 is 4.72 Å². The van der Waals surface area contributed by atoms with E-state index in [9.17, 15) is 8.42 Å². The third-order valence-corrected chi connectivity index (χ3v) is 6.28. The molecule has 1 aromatic rings. The number of fused-ring (bicyclic) bond motifs is 2. The van der Waals surface area contributed by atoms with Gasteiger partial charge in [-0.3, -0.25) is 4.68 Å². The third kappa shape index (κ3) is 2.43. The first-order chi connectivity index (χ1) is 8.95. The van der Waals surface area contributed by atoms with E-state index in [1.807, 2.05) is 6.92 Å². The van der Waals surface area contributed by atoms with Gasteiger partial charge in [0, 0.05) is 19.3 Å². The molecule has 2 aliphatic carbocycles. The Kier molecular flexibility index (Phi) is 3.17. The summed E-state index contributed by atoms with van der Waals surface area (Å²) < 4.78 is 28.9. The van der Waals surface area contributed by atoms with E-state index in [1.54, 1.807) is 7.05 Å². The SMILES string of the molecule is C[C@H](NS(=O)(=O)c1cnn(C)c1)[C@@H]1C[C@H]2CC[C@H]1C2. The lowest BCUT2D eigenvalue weighted by molar-refractivity contribution is 0.280. The first-order valence-electron chi connectivity index (χ1n) is 6.96. The highest BCUT2D eigenvalue weighted by Crippen LogP contribution is 2.49. The van der Waals surface area contributed by atoms with Gasteiger partial charge in [0.25, 0.3) is 0 Å². The predicted octanol–water partition coefficient (Wildman–Crippen LogP) is 1.52. The maximum absolute atomic E-state index is 12.3. The van der Waals surface area contributed by atoms with E-state index in [4.69, 9.17) is 0 Å². The molecule has 5 nitrogen and oxygen atoms in total. The van der Waals surface area contributed by atoms with E-state index in [2.05, 4.69) is 9.82 Å². The zero-order chi connectivity index (χ0) is 13.6. The molecule has 106 valence electrons. The van der Waals surface area contributed by atoms with E-state index >= 15 is 0 Å². The molecule has 2 aliphatic rings. The summed E-state index contributed by atoms with van der Waals surface area (Å²) in [5.41, 5.74) is 0. The molecule has 6 heteroatoms. The second kappa shape index (κ2) is 4.59. The zero-order valence-corrected chi connectivity index (χ0v) is 12.2. The molecule has 0 amide bonds. The zero-order valence-electron chi connectivity index (χ0n) is 11.4. The second-order valence-corrected chi connectivity index (χ2v) is 7.81. The van der Waals surface area contributed by atoms with Crippen molar-refractivity contribution in [3.8, 4) is 0 Å². The van der Waals surface area contributed by atoms with Gasteiger partial charge >= 0.3 is 0 Å². The van der Waals surface area contributed by atoms with Crippen LogP contribution in [0.15, 0.2) is 17.3 Å². The average molecular weight is 283 g/mol. The number of sulfonamides is 1. The largest absolute Gasteiger partial charge is 0.274 e. The van der Waals surface area contributed by atoms with Crippen LogP contribution in [-0.2, 0) is 17.1 Å². The minimum Gasteiger partial charge on any atom is -0.274 e. The van der Waals surface area contributed by atoms with Crippen LogP contribution in [0.5, 0.6) is 0 Å². The van der Waals surface area contributed by atoms with Crippen LogP contribution in [0.2, 0.25) is 0 Å². The van der Waals surface area contributed by atoms with Gasteiger partial charge in [-0.05, 0) is 43.9 Å². The molecule has 2 saturated carbocycles. The maximum Gasteiger partial charge on any atom is 0.243 e. The molecular formula is C13H21N3O2S. The molecule has 0 aromatic carbocycles. The minimum absolute atomic E-state index is 0.0144. The number of rotatable bonds is 4. The molecule has 19 heavy (non-hydrogen) atoms. The molecule has 0 spiro atoms. The van der Waals surface area contributed by atoms with Crippen molar-refractivity contribution in [1.82, 2.24) is 14.5 Å². The first kappa shape index (κ1) is 13.1. The molecule has 4 atom stereocenters. The van der Waals surface area contributed by atoms with E-state index in [0.717, 1.165) is 11.8 Å². The van der Waals surface area contributed by atoms with Crippen LogP contribution in [0, 0.1) is 17.8 Å². The molecule has 2 fully saturated rings. The van der Waals surface area contributed by atoms with Crippen molar-refractivity contribution >= 4 is 10.0 Å². The highest BCUT2D eigenvalue weighted by Gasteiger charge is 2.42. The van der Waals surface area contributed by atoms with Gasteiger partial charge in [-0.2, -0.15) is 5.10 Å². The summed E-state index contributed by atoms with van der Waals surface area (Å²) in [5, 5.41) is 3.92. The summed E-state index contributed by atoms with van der Waals surface area (Å²) in [5.74, 6) is 2.06. The van der Waals surface area contributed by atoms with Crippen molar-refractivity contribution in [3.05, 3.63) is 12.4 Å². The molecule has 0 saturated heterocycles. The molecule has 0 radical (unpaired) electrons.